The normalized spacial score (nSPS) is 15.6. The Morgan fingerprint density at radius 1 is 1.04 bits per heavy atom. The number of ether oxygens (including phenoxy) is 1. The third kappa shape index (κ3) is 3.73. The molecular formula is C21H21N3O4. The number of carbonyl (C=O) groups excluding carboxylic acids is 3. The minimum atomic E-state index is -0.803. The summed E-state index contributed by atoms with van der Waals surface area (Å²) in [7, 11) is 3.84. The molecule has 0 saturated carbocycles. The van der Waals surface area contributed by atoms with Crippen molar-refractivity contribution in [3.8, 4) is 5.75 Å². The van der Waals surface area contributed by atoms with Gasteiger partial charge in [-0.15, -0.1) is 0 Å². The van der Waals surface area contributed by atoms with Gasteiger partial charge in [-0.2, -0.15) is 0 Å². The number of barbiturate groups is 1. The summed E-state index contributed by atoms with van der Waals surface area (Å²) in [6, 6.07) is 13.3. The maximum absolute atomic E-state index is 13.0. The highest BCUT2D eigenvalue weighted by atomic mass is 16.5. The molecule has 1 saturated heterocycles. The van der Waals surface area contributed by atoms with Crippen molar-refractivity contribution >= 4 is 35.3 Å². The van der Waals surface area contributed by atoms with E-state index in [1.54, 1.807) is 43.3 Å². The third-order valence-electron chi connectivity index (χ3n) is 4.23. The Morgan fingerprint density at radius 3 is 2.36 bits per heavy atom. The molecule has 0 atom stereocenters. The molecule has 1 aliphatic heterocycles. The van der Waals surface area contributed by atoms with Gasteiger partial charge >= 0.3 is 6.03 Å². The van der Waals surface area contributed by atoms with Crippen LogP contribution in [0.3, 0.4) is 0 Å². The van der Waals surface area contributed by atoms with E-state index in [1.165, 1.54) is 6.08 Å². The maximum atomic E-state index is 13.0. The Hall–Kier alpha value is -3.61. The van der Waals surface area contributed by atoms with Crippen LogP contribution in [0.15, 0.2) is 54.1 Å². The van der Waals surface area contributed by atoms with Gasteiger partial charge in [0.15, 0.2) is 0 Å². The van der Waals surface area contributed by atoms with Gasteiger partial charge < -0.3 is 9.64 Å². The van der Waals surface area contributed by atoms with Gasteiger partial charge in [0.25, 0.3) is 11.8 Å². The van der Waals surface area contributed by atoms with Crippen LogP contribution in [-0.2, 0) is 9.59 Å². The van der Waals surface area contributed by atoms with Crippen LogP contribution in [-0.4, -0.2) is 38.5 Å². The van der Waals surface area contributed by atoms with Crippen LogP contribution >= 0.6 is 0 Å². The van der Waals surface area contributed by atoms with Crippen LogP contribution in [0.5, 0.6) is 5.75 Å². The molecule has 0 unspecified atom stereocenters. The number of benzene rings is 2. The molecular weight excluding hydrogens is 358 g/mol. The average molecular weight is 379 g/mol. The second kappa shape index (κ2) is 7.96. The van der Waals surface area contributed by atoms with Crippen molar-refractivity contribution < 1.29 is 19.1 Å². The smallest absolute Gasteiger partial charge is 0.336 e. The van der Waals surface area contributed by atoms with Gasteiger partial charge in [-0.05, 0) is 42.8 Å². The van der Waals surface area contributed by atoms with Gasteiger partial charge in [0, 0.05) is 19.8 Å². The lowest BCUT2D eigenvalue weighted by Gasteiger charge is -2.27. The zero-order chi connectivity index (χ0) is 20.3. The summed E-state index contributed by atoms with van der Waals surface area (Å²) in [6.45, 7) is 2.18. The highest BCUT2D eigenvalue weighted by molar-refractivity contribution is 6.39. The van der Waals surface area contributed by atoms with Crippen LogP contribution in [0.1, 0.15) is 12.5 Å². The fourth-order valence-electron chi connectivity index (χ4n) is 2.83. The lowest BCUT2D eigenvalue weighted by atomic mass is 10.1. The van der Waals surface area contributed by atoms with Crippen LogP contribution in [0.2, 0.25) is 0 Å². The molecule has 1 heterocycles. The highest BCUT2D eigenvalue weighted by Crippen LogP contribution is 2.31. The monoisotopic (exact) mass is 379 g/mol. The minimum Gasteiger partial charge on any atom is -0.492 e. The number of imide groups is 2. The van der Waals surface area contributed by atoms with Gasteiger partial charge in [0.05, 0.1) is 12.3 Å². The molecule has 2 aromatic carbocycles. The van der Waals surface area contributed by atoms with E-state index in [-0.39, 0.29) is 11.3 Å². The van der Waals surface area contributed by atoms with Gasteiger partial charge in [0.1, 0.15) is 11.3 Å². The molecule has 1 N–H and O–H groups in total. The zero-order valence-corrected chi connectivity index (χ0v) is 15.9. The van der Waals surface area contributed by atoms with E-state index in [4.69, 9.17) is 4.74 Å². The standard InChI is InChI=1S/C21H21N3O4/c1-4-28-18-8-6-5-7-17(18)24-20(26)16(19(25)22-21(24)27)13-14-9-11-15(12-10-14)23(2)3/h5-13H,4H2,1-3H3,(H,22,25,27). The van der Waals surface area contributed by atoms with E-state index in [9.17, 15) is 14.4 Å². The number of carbonyl (C=O) groups is 3. The second-order valence-electron chi connectivity index (χ2n) is 6.34. The first-order chi connectivity index (χ1) is 13.4. The number of nitrogens with one attached hydrogen (secondary N) is 1. The van der Waals surface area contributed by atoms with Crippen molar-refractivity contribution in [2.45, 2.75) is 6.92 Å². The van der Waals surface area contributed by atoms with Crippen molar-refractivity contribution in [3.05, 3.63) is 59.7 Å². The number of nitrogens with zero attached hydrogens (tertiary/aromatic N) is 2. The Kier molecular flexibility index (Phi) is 5.44. The molecule has 7 heteroatoms. The summed E-state index contributed by atoms with van der Waals surface area (Å²) in [4.78, 5) is 40.5. The second-order valence-corrected chi connectivity index (χ2v) is 6.34. The largest absolute Gasteiger partial charge is 0.492 e. The van der Waals surface area contributed by atoms with Crippen LogP contribution in [0, 0.1) is 0 Å². The third-order valence-corrected chi connectivity index (χ3v) is 4.23. The Morgan fingerprint density at radius 2 is 1.71 bits per heavy atom. The van der Waals surface area contributed by atoms with Crippen molar-refractivity contribution in [1.29, 1.82) is 0 Å². The molecule has 0 spiro atoms. The highest BCUT2D eigenvalue weighted by Gasteiger charge is 2.38. The van der Waals surface area contributed by atoms with Crippen molar-refractivity contribution in [2.24, 2.45) is 0 Å². The van der Waals surface area contributed by atoms with E-state index < -0.39 is 17.8 Å². The van der Waals surface area contributed by atoms with E-state index in [0.717, 1.165) is 10.6 Å². The molecule has 4 amide bonds. The van der Waals surface area contributed by atoms with E-state index in [0.29, 0.717) is 17.9 Å². The van der Waals surface area contributed by atoms with E-state index in [1.807, 2.05) is 31.1 Å². The number of hydrogen-bond donors (Lipinski definition) is 1. The number of rotatable bonds is 5. The summed E-state index contributed by atoms with van der Waals surface area (Å²) in [5.74, 6) is -1.04. The lowest BCUT2D eigenvalue weighted by molar-refractivity contribution is -0.122. The average Bonchev–Trinajstić information content (AvgIpc) is 2.67. The molecule has 28 heavy (non-hydrogen) atoms. The van der Waals surface area contributed by atoms with Gasteiger partial charge in [-0.25, -0.2) is 9.69 Å². The number of amides is 4. The number of urea groups is 1. The number of para-hydroxylation sites is 2. The molecule has 0 bridgehead atoms. The summed E-state index contributed by atoms with van der Waals surface area (Å²) in [5.41, 5.74) is 1.83. The number of hydrogen-bond acceptors (Lipinski definition) is 5. The fourth-order valence-corrected chi connectivity index (χ4v) is 2.83. The van der Waals surface area contributed by atoms with Crippen molar-refractivity contribution in [2.75, 3.05) is 30.5 Å². The number of anilines is 2. The van der Waals surface area contributed by atoms with Crippen molar-refractivity contribution in [1.82, 2.24) is 5.32 Å². The topological polar surface area (TPSA) is 79.0 Å². The Bertz CT molecular complexity index is 948. The first-order valence-electron chi connectivity index (χ1n) is 8.83. The van der Waals surface area contributed by atoms with Crippen LogP contribution < -0.4 is 19.9 Å². The van der Waals surface area contributed by atoms with Gasteiger partial charge in [-0.3, -0.25) is 14.9 Å². The summed E-state index contributed by atoms with van der Waals surface area (Å²) >= 11 is 0. The predicted molar refractivity (Wildman–Crippen MR) is 107 cm³/mol. The summed E-state index contributed by atoms with van der Waals surface area (Å²) < 4.78 is 5.52. The predicted octanol–water partition coefficient (Wildman–Crippen LogP) is 2.82. The molecule has 7 nitrogen and oxygen atoms in total. The summed E-state index contributed by atoms with van der Waals surface area (Å²) in [6.07, 6.45) is 1.47. The molecule has 0 radical (unpaired) electrons. The Balaban J connectivity index is 1.99. The molecule has 1 aliphatic rings. The van der Waals surface area contributed by atoms with E-state index >= 15 is 0 Å². The first kappa shape index (κ1) is 19.2. The zero-order valence-electron chi connectivity index (χ0n) is 15.9. The SMILES string of the molecule is CCOc1ccccc1N1C(=O)NC(=O)C(=Cc2ccc(N(C)C)cc2)C1=O. The molecule has 1 fully saturated rings. The van der Waals surface area contributed by atoms with Crippen molar-refractivity contribution in [3.63, 3.8) is 0 Å². The van der Waals surface area contributed by atoms with Gasteiger partial charge in [-0.1, -0.05) is 24.3 Å². The molecule has 0 aliphatic carbocycles. The quantitative estimate of drug-likeness (QED) is 0.638. The fraction of sp³-hybridized carbons (Fsp3) is 0.190. The first-order valence-corrected chi connectivity index (χ1v) is 8.83. The molecule has 0 aromatic heterocycles. The van der Waals surface area contributed by atoms with Crippen LogP contribution in [0.25, 0.3) is 6.08 Å². The van der Waals surface area contributed by atoms with Gasteiger partial charge in [0.2, 0.25) is 0 Å². The van der Waals surface area contributed by atoms with E-state index in [2.05, 4.69) is 5.32 Å². The minimum absolute atomic E-state index is 0.122. The maximum Gasteiger partial charge on any atom is 0.336 e. The Labute approximate surface area is 163 Å². The molecule has 144 valence electrons. The molecule has 2 aromatic rings. The van der Waals surface area contributed by atoms with Crippen LogP contribution in [0.4, 0.5) is 16.2 Å². The lowest BCUT2D eigenvalue weighted by Crippen LogP contribution is -2.54. The molecule has 3 rings (SSSR count). The summed E-state index contributed by atoms with van der Waals surface area (Å²) in [5, 5.41) is 2.22.